The molecule has 1 saturated heterocycles. The van der Waals surface area contributed by atoms with E-state index in [1.165, 1.54) is 6.42 Å². The van der Waals surface area contributed by atoms with E-state index in [1.807, 2.05) is 40.7 Å². The van der Waals surface area contributed by atoms with Crippen molar-refractivity contribution in [3.63, 3.8) is 0 Å². The van der Waals surface area contributed by atoms with E-state index in [2.05, 4.69) is 6.92 Å². The number of para-hydroxylation sites is 1. The normalized spacial score (nSPS) is 18.4. The maximum atomic E-state index is 12.8. The molecule has 4 nitrogen and oxygen atoms in total. The Kier molecular flexibility index (Phi) is 4.24. The lowest BCUT2D eigenvalue weighted by molar-refractivity contribution is -0.135. The van der Waals surface area contributed by atoms with Crippen molar-refractivity contribution < 1.29 is 9.59 Å². The van der Waals surface area contributed by atoms with E-state index in [1.54, 1.807) is 6.92 Å². The van der Waals surface area contributed by atoms with Crippen molar-refractivity contribution in [3.05, 3.63) is 35.5 Å². The van der Waals surface area contributed by atoms with Gasteiger partial charge in [0, 0.05) is 34.7 Å². The molecule has 0 saturated carbocycles. The van der Waals surface area contributed by atoms with Crippen LogP contribution in [-0.2, 0) is 11.3 Å². The second-order valence-corrected chi connectivity index (χ2v) is 6.55. The molecule has 23 heavy (non-hydrogen) atoms. The molecule has 1 aromatic heterocycles. The Hall–Kier alpha value is -2.10. The van der Waals surface area contributed by atoms with Crippen LogP contribution in [0.3, 0.4) is 0 Å². The first-order chi connectivity index (χ1) is 11.0. The molecule has 0 spiro atoms. The van der Waals surface area contributed by atoms with Crippen LogP contribution in [0, 0.1) is 6.92 Å². The highest BCUT2D eigenvalue weighted by atomic mass is 16.2. The predicted octanol–water partition coefficient (Wildman–Crippen LogP) is 3.55. The summed E-state index contributed by atoms with van der Waals surface area (Å²) < 4.78 is 2.00. The van der Waals surface area contributed by atoms with Crippen LogP contribution in [-0.4, -0.2) is 33.7 Å². The Balaban J connectivity index is 1.98. The van der Waals surface area contributed by atoms with Crippen molar-refractivity contribution in [1.82, 2.24) is 9.47 Å². The van der Waals surface area contributed by atoms with Gasteiger partial charge in [-0.15, -0.1) is 0 Å². The number of Topliss-reactive ketones (excluding diaryl/α,β-unsaturated/α-hetero) is 1. The Morgan fingerprint density at radius 2 is 1.96 bits per heavy atom. The monoisotopic (exact) mass is 312 g/mol. The summed E-state index contributed by atoms with van der Waals surface area (Å²) in [5.74, 6) is 0.201. The van der Waals surface area contributed by atoms with Crippen molar-refractivity contribution in [2.75, 3.05) is 6.54 Å². The van der Waals surface area contributed by atoms with Gasteiger partial charge in [0.25, 0.3) is 0 Å². The molecule has 1 aromatic carbocycles. The summed E-state index contributed by atoms with van der Waals surface area (Å²) in [6, 6.07) is 8.15. The molecule has 1 atom stereocenters. The number of ketones is 1. The molecule has 3 rings (SSSR count). The van der Waals surface area contributed by atoms with Crippen LogP contribution >= 0.6 is 0 Å². The molecule has 4 heteroatoms. The zero-order chi connectivity index (χ0) is 16.6. The Bertz CT molecular complexity index is 760. The molecular formula is C19H24N2O2. The van der Waals surface area contributed by atoms with E-state index in [9.17, 15) is 9.59 Å². The van der Waals surface area contributed by atoms with Gasteiger partial charge in [-0.1, -0.05) is 18.2 Å². The molecule has 1 fully saturated rings. The van der Waals surface area contributed by atoms with Crippen LogP contribution in [0.4, 0.5) is 0 Å². The summed E-state index contributed by atoms with van der Waals surface area (Å²) in [6.07, 6.45) is 3.36. The van der Waals surface area contributed by atoms with Gasteiger partial charge in [-0.25, -0.2) is 0 Å². The van der Waals surface area contributed by atoms with Crippen molar-refractivity contribution in [2.24, 2.45) is 0 Å². The topological polar surface area (TPSA) is 42.3 Å². The number of carbonyl (C=O) groups is 2. The van der Waals surface area contributed by atoms with Crippen molar-refractivity contribution >= 4 is 22.6 Å². The number of rotatable bonds is 3. The average Bonchev–Trinajstić information content (AvgIpc) is 2.80. The first-order valence-corrected chi connectivity index (χ1v) is 8.39. The molecule has 0 bridgehead atoms. The molecule has 2 heterocycles. The second kappa shape index (κ2) is 6.19. The minimum Gasteiger partial charge on any atom is -0.338 e. The number of amides is 1. The van der Waals surface area contributed by atoms with Gasteiger partial charge in [0.2, 0.25) is 5.91 Å². The van der Waals surface area contributed by atoms with Crippen LogP contribution in [0.1, 0.15) is 49.2 Å². The first kappa shape index (κ1) is 15.8. The summed E-state index contributed by atoms with van der Waals surface area (Å²) in [6.45, 7) is 6.80. The lowest BCUT2D eigenvalue weighted by Gasteiger charge is -2.33. The van der Waals surface area contributed by atoms with E-state index >= 15 is 0 Å². The lowest BCUT2D eigenvalue weighted by atomic mass is 10.0. The molecule has 0 aliphatic carbocycles. The number of fused-ring (bicyclic) bond motifs is 1. The smallest absolute Gasteiger partial charge is 0.242 e. The molecule has 1 amide bonds. The van der Waals surface area contributed by atoms with Crippen molar-refractivity contribution in [2.45, 2.75) is 52.6 Å². The highest BCUT2D eigenvalue weighted by Gasteiger charge is 2.25. The van der Waals surface area contributed by atoms with Crippen LogP contribution < -0.4 is 0 Å². The number of carbonyl (C=O) groups excluding carboxylic acids is 2. The molecule has 1 aliphatic rings. The van der Waals surface area contributed by atoms with E-state index in [-0.39, 0.29) is 11.7 Å². The van der Waals surface area contributed by atoms with Gasteiger partial charge in [0.1, 0.15) is 6.54 Å². The maximum absolute atomic E-state index is 12.8. The molecular weight excluding hydrogens is 288 g/mol. The lowest BCUT2D eigenvalue weighted by Crippen LogP contribution is -2.43. The zero-order valence-electron chi connectivity index (χ0n) is 14.1. The van der Waals surface area contributed by atoms with Gasteiger partial charge in [0.05, 0.1) is 0 Å². The number of hydrogen-bond acceptors (Lipinski definition) is 2. The summed E-state index contributed by atoms with van der Waals surface area (Å²) in [7, 11) is 0. The number of hydrogen-bond donors (Lipinski definition) is 0. The fourth-order valence-corrected chi connectivity index (χ4v) is 3.77. The third-order valence-electron chi connectivity index (χ3n) is 5.00. The first-order valence-electron chi connectivity index (χ1n) is 8.39. The average molecular weight is 312 g/mol. The third-order valence-corrected chi connectivity index (χ3v) is 5.00. The molecule has 122 valence electrons. The molecule has 0 N–H and O–H groups in total. The molecule has 2 aromatic rings. The van der Waals surface area contributed by atoms with Gasteiger partial charge in [-0.05, 0) is 46.1 Å². The van der Waals surface area contributed by atoms with E-state index in [4.69, 9.17) is 0 Å². The summed E-state index contributed by atoms with van der Waals surface area (Å²) in [5.41, 5.74) is 2.59. The number of piperidine rings is 1. The largest absolute Gasteiger partial charge is 0.338 e. The van der Waals surface area contributed by atoms with Crippen LogP contribution in [0.15, 0.2) is 24.3 Å². The predicted molar refractivity (Wildman–Crippen MR) is 91.7 cm³/mol. The SMILES string of the molecule is CC(=O)c1c(C)n(CC(=O)N2CCCCC2C)c2ccccc12. The maximum Gasteiger partial charge on any atom is 0.242 e. The second-order valence-electron chi connectivity index (χ2n) is 6.55. The molecule has 1 aliphatic heterocycles. The minimum absolute atomic E-state index is 0.0521. The minimum atomic E-state index is 0.0521. The van der Waals surface area contributed by atoms with Gasteiger partial charge in [-0.2, -0.15) is 0 Å². The third kappa shape index (κ3) is 2.78. The summed E-state index contributed by atoms with van der Waals surface area (Å²) in [5, 5.41) is 0.942. The quantitative estimate of drug-likeness (QED) is 0.813. The summed E-state index contributed by atoms with van der Waals surface area (Å²) >= 11 is 0. The van der Waals surface area contributed by atoms with Crippen LogP contribution in [0.2, 0.25) is 0 Å². The van der Waals surface area contributed by atoms with Gasteiger partial charge in [-0.3, -0.25) is 9.59 Å². The fraction of sp³-hybridized carbons (Fsp3) is 0.474. The Labute approximate surface area is 137 Å². The van der Waals surface area contributed by atoms with E-state index < -0.39 is 0 Å². The standard InChI is InChI=1S/C19H24N2O2/c1-13-8-6-7-11-20(13)18(23)12-21-14(2)19(15(3)22)16-9-4-5-10-17(16)21/h4-5,9-10,13H,6-8,11-12H2,1-3H3. The van der Waals surface area contributed by atoms with Crippen LogP contribution in [0.25, 0.3) is 10.9 Å². The Morgan fingerprint density at radius 1 is 1.22 bits per heavy atom. The van der Waals surface area contributed by atoms with E-state index in [0.717, 1.165) is 41.5 Å². The number of aromatic nitrogens is 1. The van der Waals surface area contributed by atoms with Gasteiger partial charge < -0.3 is 9.47 Å². The number of benzene rings is 1. The van der Waals surface area contributed by atoms with Crippen molar-refractivity contribution in [3.8, 4) is 0 Å². The zero-order valence-corrected chi connectivity index (χ0v) is 14.1. The Morgan fingerprint density at radius 3 is 2.65 bits per heavy atom. The molecule has 1 unspecified atom stereocenters. The van der Waals surface area contributed by atoms with Gasteiger partial charge in [0.15, 0.2) is 5.78 Å². The molecule has 0 radical (unpaired) electrons. The van der Waals surface area contributed by atoms with Gasteiger partial charge >= 0.3 is 0 Å². The number of likely N-dealkylation sites (tertiary alicyclic amines) is 1. The van der Waals surface area contributed by atoms with Crippen molar-refractivity contribution in [1.29, 1.82) is 0 Å². The number of nitrogens with zero attached hydrogens (tertiary/aromatic N) is 2. The summed E-state index contributed by atoms with van der Waals surface area (Å²) in [4.78, 5) is 26.8. The van der Waals surface area contributed by atoms with E-state index in [0.29, 0.717) is 12.6 Å². The van der Waals surface area contributed by atoms with Crippen LogP contribution in [0.5, 0.6) is 0 Å². The highest BCUT2D eigenvalue weighted by molar-refractivity contribution is 6.08. The highest BCUT2D eigenvalue weighted by Crippen LogP contribution is 2.27. The fourth-order valence-electron chi connectivity index (χ4n) is 3.77.